The average Bonchev–Trinajstić information content (AvgIpc) is 3.09. The first-order chi connectivity index (χ1) is 12.1. The van der Waals surface area contributed by atoms with Crippen LogP contribution in [0.5, 0.6) is 5.75 Å². The van der Waals surface area contributed by atoms with E-state index in [9.17, 15) is 9.59 Å². The lowest BCUT2D eigenvalue weighted by Gasteiger charge is -2.12. The number of benzene rings is 2. The fourth-order valence-corrected chi connectivity index (χ4v) is 3.99. The van der Waals surface area contributed by atoms with Gasteiger partial charge in [-0.25, -0.2) is 4.79 Å². The minimum atomic E-state index is -0.466. The molecule has 2 aromatic rings. The van der Waals surface area contributed by atoms with Gasteiger partial charge in [-0.3, -0.25) is 4.79 Å². The van der Waals surface area contributed by atoms with E-state index < -0.39 is 5.97 Å². The Morgan fingerprint density at radius 1 is 1.20 bits per heavy atom. The molecule has 130 valence electrons. The van der Waals surface area contributed by atoms with Crippen LogP contribution in [-0.4, -0.2) is 31.3 Å². The second kappa shape index (κ2) is 7.61. The van der Waals surface area contributed by atoms with Crippen LogP contribution >= 0.6 is 11.8 Å². The summed E-state index contributed by atoms with van der Waals surface area (Å²) in [5.74, 6) is -0.0211. The molecule has 0 saturated carbocycles. The molecule has 1 aliphatic rings. The highest BCUT2D eigenvalue weighted by Gasteiger charge is 2.27. The zero-order valence-corrected chi connectivity index (χ0v) is 14.9. The van der Waals surface area contributed by atoms with Crippen LogP contribution in [0.25, 0.3) is 0 Å². The number of amides is 1. The van der Waals surface area contributed by atoms with Gasteiger partial charge < -0.3 is 14.8 Å². The fraction of sp³-hybridized carbons (Fsp3) is 0.263. The second-order valence-electron chi connectivity index (χ2n) is 5.66. The molecule has 0 radical (unpaired) electrons. The first-order valence-electron chi connectivity index (χ1n) is 7.90. The largest absolute Gasteiger partial charge is 0.496 e. The van der Waals surface area contributed by atoms with Crippen LogP contribution < -0.4 is 10.1 Å². The van der Waals surface area contributed by atoms with Gasteiger partial charge in [0.2, 0.25) is 5.91 Å². The number of nitrogens with one attached hydrogen (secondary N) is 1. The summed E-state index contributed by atoms with van der Waals surface area (Å²) < 4.78 is 9.94. The average molecular weight is 357 g/mol. The van der Waals surface area contributed by atoms with E-state index in [1.807, 2.05) is 24.3 Å². The van der Waals surface area contributed by atoms with E-state index in [2.05, 4.69) is 11.4 Å². The summed E-state index contributed by atoms with van der Waals surface area (Å²) in [6.45, 7) is 0.347. The Hall–Kier alpha value is -2.47. The van der Waals surface area contributed by atoms with Gasteiger partial charge >= 0.3 is 5.97 Å². The van der Waals surface area contributed by atoms with E-state index in [0.29, 0.717) is 17.9 Å². The summed E-state index contributed by atoms with van der Waals surface area (Å²) >= 11 is 1.59. The van der Waals surface area contributed by atoms with Crippen molar-refractivity contribution in [3.05, 3.63) is 59.2 Å². The zero-order chi connectivity index (χ0) is 17.8. The molecule has 6 heteroatoms. The molecule has 3 rings (SSSR count). The third-order valence-electron chi connectivity index (χ3n) is 4.08. The van der Waals surface area contributed by atoms with Crippen LogP contribution in [-0.2, 0) is 22.5 Å². The molecule has 1 N–H and O–H groups in total. The third kappa shape index (κ3) is 3.79. The Morgan fingerprint density at radius 3 is 2.72 bits per heavy atom. The topological polar surface area (TPSA) is 64.6 Å². The lowest BCUT2D eigenvalue weighted by Crippen LogP contribution is -2.32. The van der Waals surface area contributed by atoms with Crippen LogP contribution in [0.15, 0.2) is 47.4 Å². The maximum Gasteiger partial charge on any atom is 0.341 e. The van der Waals surface area contributed by atoms with Crippen molar-refractivity contribution < 1.29 is 19.1 Å². The summed E-state index contributed by atoms with van der Waals surface area (Å²) in [4.78, 5) is 25.4. The molecule has 1 heterocycles. The molecule has 1 aliphatic heterocycles. The second-order valence-corrected chi connectivity index (χ2v) is 6.91. The minimum absolute atomic E-state index is 0.00311. The predicted octanol–water partition coefficient (Wildman–Crippen LogP) is 2.82. The van der Waals surface area contributed by atoms with Gasteiger partial charge in [-0.2, -0.15) is 0 Å². The molecular formula is C19H19NO4S. The van der Waals surface area contributed by atoms with Gasteiger partial charge in [-0.15, -0.1) is 11.8 Å². The lowest BCUT2D eigenvalue weighted by molar-refractivity contribution is -0.120. The Labute approximate surface area is 150 Å². The van der Waals surface area contributed by atoms with Gasteiger partial charge in [0.05, 0.1) is 19.5 Å². The minimum Gasteiger partial charge on any atom is -0.496 e. The van der Waals surface area contributed by atoms with Crippen LogP contribution in [0.4, 0.5) is 0 Å². The Kier molecular flexibility index (Phi) is 5.28. The van der Waals surface area contributed by atoms with Gasteiger partial charge in [0.1, 0.15) is 11.3 Å². The molecule has 0 spiro atoms. The number of fused-ring (bicyclic) bond motifs is 1. The van der Waals surface area contributed by atoms with E-state index >= 15 is 0 Å². The predicted molar refractivity (Wildman–Crippen MR) is 96.0 cm³/mol. The first-order valence-corrected chi connectivity index (χ1v) is 8.78. The van der Waals surface area contributed by atoms with Crippen LogP contribution in [0.3, 0.4) is 0 Å². The van der Waals surface area contributed by atoms with Crippen molar-refractivity contribution in [2.24, 2.45) is 0 Å². The molecule has 0 aliphatic carbocycles. The summed E-state index contributed by atoms with van der Waals surface area (Å²) in [5.41, 5.74) is 2.37. The van der Waals surface area contributed by atoms with E-state index in [1.54, 1.807) is 23.9 Å². The molecule has 1 atom stereocenters. The number of carbonyl (C=O) groups excluding carboxylic acids is 2. The monoisotopic (exact) mass is 357 g/mol. The highest BCUT2D eigenvalue weighted by Crippen LogP contribution is 2.36. The smallest absolute Gasteiger partial charge is 0.341 e. The first kappa shape index (κ1) is 17.4. The normalized spacial score (nSPS) is 15.4. The number of methoxy groups -OCH3 is 2. The molecule has 1 amide bonds. The quantitative estimate of drug-likeness (QED) is 0.834. The molecule has 0 bridgehead atoms. The standard InChI is InChI=1S/C19H19NO4S/c1-23-15-8-7-12(9-14(15)19(22)24-2)11-20-18(21)17-10-13-5-3-4-6-16(13)25-17/h3-9,17H,10-11H2,1-2H3,(H,20,21). The van der Waals surface area contributed by atoms with Crippen molar-refractivity contribution in [3.8, 4) is 5.75 Å². The summed E-state index contributed by atoms with van der Waals surface area (Å²) in [6.07, 6.45) is 0.739. The van der Waals surface area contributed by atoms with Crippen molar-refractivity contribution >= 4 is 23.6 Å². The number of thioether (sulfide) groups is 1. The highest BCUT2D eigenvalue weighted by atomic mass is 32.2. The molecule has 0 fully saturated rings. The molecule has 25 heavy (non-hydrogen) atoms. The van der Waals surface area contributed by atoms with Gasteiger partial charge in [0.15, 0.2) is 0 Å². The summed E-state index contributed by atoms with van der Waals surface area (Å²) in [6, 6.07) is 13.3. The summed E-state index contributed by atoms with van der Waals surface area (Å²) in [7, 11) is 2.82. The van der Waals surface area contributed by atoms with Crippen molar-refractivity contribution in [1.29, 1.82) is 0 Å². The number of ether oxygens (including phenoxy) is 2. The zero-order valence-electron chi connectivity index (χ0n) is 14.1. The van der Waals surface area contributed by atoms with Crippen molar-refractivity contribution in [2.75, 3.05) is 14.2 Å². The number of carbonyl (C=O) groups is 2. The van der Waals surface area contributed by atoms with Crippen molar-refractivity contribution in [1.82, 2.24) is 5.32 Å². The molecular weight excluding hydrogens is 338 g/mol. The lowest BCUT2D eigenvalue weighted by atomic mass is 10.1. The number of hydrogen-bond acceptors (Lipinski definition) is 5. The van der Waals surface area contributed by atoms with E-state index in [-0.39, 0.29) is 11.2 Å². The van der Waals surface area contributed by atoms with Gasteiger partial charge in [-0.1, -0.05) is 24.3 Å². The molecule has 2 aromatic carbocycles. The maximum atomic E-state index is 12.4. The Morgan fingerprint density at radius 2 is 2.00 bits per heavy atom. The van der Waals surface area contributed by atoms with Gasteiger partial charge in [-0.05, 0) is 35.7 Å². The number of esters is 1. The number of hydrogen-bond donors (Lipinski definition) is 1. The van der Waals surface area contributed by atoms with Gasteiger partial charge in [0.25, 0.3) is 0 Å². The van der Waals surface area contributed by atoms with Gasteiger partial charge in [0, 0.05) is 11.4 Å². The maximum absolute atomic E-state index is 12.4. The van der Waals surface area contributed by atoms with Crippen LogP contribution in [0.1, 0.15) is 21.5 Å². The van der Waals surface area contributed by atoms with Crippen molar-refractivity contribution in [3.63, 3.8) is 0 Å². The molecule has 1 unspecified atom stereocenters. The van der Waals surface area contributed by atoms with E-state index in [4.69, 9.17) is 9.47 Å². The van der Waals surface area contributed by atoms with E-state index in [0.717, 1.165) is 12.0 Å². The van der Waals surface area contributed by atoms with Crippen LogP contribution in [0, 0.1) is 0 Å². The Balaban J connectivity index is 1.64. The molecule has 5 nitrogen and oxygen atoms in total. The Bertz CT molecular complexity index is 781. The fourth-order valence-electron chi connectivity index (χ4n) is 2.77. The van der Waals surface area contributed by atoms with Crippen LogP contribution in [0.2, 0.25) is 0 Å². The highest BCUT2D eigenvalue weighted by molar-refractivity contribution is 8.01. The summed E-state index contributed by atoms with van der Waals surface area (Å²) in [5, 5.41) is 2.83. The SMILES string of the molecule is COC(=O)c1cc(CNC(=O)C2Cc3ccccc3S2)ccc1OC. The van der Waals surface area contributed by atoms with E-state index in [1.165, 1.54) is 24.7 Å². The number of rotatable bonds is 5. The molecule has 0 aromatic heterocycles. The van der Waals surface area contributed by atoms with Crippen molar-refractivity contribution in [2.45, 2.75) is 23.1 Å². The third-order valence-corrected chi connectivity index (χ3v) is 5.39. The molecule has 0 saturated heterocycles.